The van der Waals surface area contributed by atoms with Gasteiger partial charge >= 0.3 is 0 Å². The van der Waals surface area contributed by atoms with Crippen molar-refractivity contribution in [2.24, 2.45) is 0 Å². The number of carbonyl (C=O) groups excluding carboxylic acids is 2. The van der Waals surface area contributed by atoms with Crippen molar-refractivity contribution in [3.05, 3.63) is 58.3 Å². The summed E-state index contributed by atoms with van der Waals surface area (Å²) in [5.41, 5.74) is 1.18. The lowest BCUT2D eigenvalue weighted by Gasteiger charge is -2.06. The Kier molecular flexibility index (Phi) is 4.34. The van der Waals surface area contributed by atoms with Gasteiger partial charge in [0.05, 0.1) is 0 Å². The van der Waals surface area contributed by atoms with Crippen molar-refractivity contribution in [2.75, 3.05) is 5.32 Å². The van der Waals surface area contributed by atoms with Gasteiger partial charge in [0.2, 0.25) is 5.91 Å². The fourth-order valence-electron chi connectivity index (χ4n) is 1.96. The van der Waals surface area contributed by atoms with E-state index in [1.807, 2.05) is 17.5 Å². The molecule has 0 radical (unpaired) electrons. The van der Waals surface area contributed by atoms with Crippen LogP contribution in [0.15, 0.2) is 47.9 Å². The van der Waals surface area contributed by atoms with E-state index in [2.05, 4.69) is 10.6 Å². The Morgan fingerprint density at radius 3 is 2.77 bits per heavy atom. The van der Waals surface area contributed by atoms with Crippen molar-refractivity contribution in [3.8, 4) is 0 Å². The van der Waals surface area contributed by atoms with Crippen molar-refractivity contribution in [3.63, 3.8) is 0 Å². The molecule has 0 saturated heterocycles. The van der Waals surface area contributed by atoms with E-state index < -0.39 is 0 Å². The summed E-state index contributed by atoms with van der Waals surface area (Å²) in [6.07, 6.45) is 5.36. The van der Waals surface area contributed by atoms with Gasteiger partial charge in [-0.05, 0) is 48.6 Å². The van der Waals surface area contributed by atoms with Gasteiger partial charge < -0.3 is 10.6 Å². The third-order valence-corrected chi connectivity index (χ3v) is 4.08. The summed E-state index contributed by atoms with van der Waals surface area (Å²) >= 11 is 1.57. The van der Waals surface area contributed by atoms with E-state index in [1.165, 1.54) is 6.08 Å². The average molecular weight is 312 g/mol. The number of hydrogen-bond acceptors (Lipinski definition) is 3. The molecule has 22 heavy (non-hydrogen) atoms. The van der Waals surface area contributed by atoms with Crippen LogP contribution in [0.2, 0.25) is 0 Å². The predicted octanol–water partition coefficient (Wildman–Crippen LogP) is 3.29. The Bertz CT molecular complexity index is 703. The summed E-state index contributed by atoms with van der Waals surface area (Å²) in [7, 11) is 0. The smallest absolute Gasteiger partial charge is 0.251 e. The van der Waals surface area contributed by atoms with Crippen molar-refractivity contribution in [1.29, 1.82) is 0 Å². The van der Waals surface area contributed by atoms with Gasteiger partial charge in [0, 0.05) is 28.2 Å². The number of carbonyl (C=O) groups is 2. The minimum atomic E-state index is -0.215. The molecule has 1 fully saturated rings. The maximum absolute atomic E-state index is 12.0. The van der Waals surface area contributed by atoms with Crippen LogP contribution in [0, 0.1) is 0 Å². The van der Waals surface area contributed by atoms with Gasteiger partial charge in [0.1, 0.15) is 0 Å². The first-order valence-corrected chi connectivity index (χ1v) is 8.02. The summed E-state index contributed by atoms with van der Waals surface area (Å²) in [5.74, 6) is -0.305. The first-order valence-electron chi connectivity index (χ1n) is 7.14. The summed E-state index contributed by atoms with van der Waals surface area (Å²) in [6, 6.07) is 11.2. The fourth-order valence-corrected chi connectivity index (χ4v) is 2.58. The molecule has 1 heterocycles. The second-order valence-corrected chi connectivity index (χ2v) is 6.15. The van der Waals surface area contributed by atoms with E-state index in [1.54, 1.807) is 41.7 Å². The van der Waals surface area contributed by atoms with Gasteiger partial charge in [-0.15, -0.1) is 11.3 Å². The molecule has 2 aromatic rings. The lowest BCUT2D eigenvalue weighted by atomic mass is 10.2. The number of anilines is 1. The molecule has 2 N–H and O–H groups in total. The molecule has 1 aromatic heterocycles. The van der Waals surface area contributed by atoms with E-state index >= 15 is 0 Å². The molecule has 0 unspecified atom stereocenters. The molecule has 0 aliphatic heterocycles. The van der Waals surface area contributed by atoms with Crippen LogP contribution in [-0.4, -0.2) is 17.9 Å². The fraction of sp³-hybridized carbons (Fsp3) is 0.176. The second kappa shape index (κ2) is 6.58. The highest BCUT2D eigenvalue weighted by molar-refractivity contribution is 7.10. The number of benzene rings is 1. The van der Waals surface area contributed by atoms with E-state index in [4.69, 9.17) is 0 Å². The Morgan fingerprint density at radius 1 is 1.18 bits per heavy atom. The van der Waals surface area contributed by atoms with E-state index in [0.29, 0.717) is 17.3 Å². The summed E-state index contributed by atoms with van der Waals surface area (Å²) in [5, 5.41) is 7.66. The van der Waals surface area contributed by atoms with Gasteiger partial charge in [-0.2, -0.15) is 0 Å². The summed E-state index contributed by atoms with van der Waals surface area (Å²) in [4.78, 5) is 24.9. The van der Waals surface area contributed by atoms with Crippen molar-refractivity contribution < 1.29 is 9.59 Å². The van der Waals surface area contributed by atoms with E-state index in [-0.39, 0.29) is 11.8 Å². The SMILES string of the molecule is O=C(/C=C/c1cccs1)Nc1cccc(C(=O)NC2CC2)c1. The van der Waals surface area contributed by atoms with Gasteiger partial charge in [-0.3, -0.25) is 9.59 Å². The Labute approximate surface area is 132 Å². The van der Waals surface area contributed by atoms with Crippen molar-refractivity contribution in [2.45, 2.75) is 18.9 Å². The van der Waals surface area contributed by atoms with Gasteiger partial charge in [0.25, 0.3) is 5.91 Å². The van der Waals surface area contributed by atoms with Gasteiger partial charge in [-0.25, -0.2) is 0 Å². The summed E-state index contributed by atoms with van der Waals surface area (Å²) in [6.45, 7) is 0. The third kappa shape index (κ3) is 4.05. The first-order chi connectivity index (χ1) is 10.7. The van der Waals surface area contributed by atoms with Crippen LogP contribution in [0.1, 0.15) is 28.1 Å². The normalized spacial score (nSPS) is 14.0. The topological polar surface area (TPSA) is 58.2 Å². The van der Waals surface area contributed by atoms with Crippen LogP contribution in [-0.2, 0) is 4.79 Å². The Morgan fingerprint density at radius 2 is 2.05 bits per heavy atom. The molecule has 0 bridgehead atoms. The van der Waals surface area contributed by atoms with Crippen LogP contribution in [0.4, 0.5) is 5.69 Å². The number of amides is 2. The molecule has 0 atom stereocenters. The Hall–Kier alpha value is -2.40. The van der Waals surface area contributed by atoms with Crippen LogP contribution in [0.3, 0.4) is 0 Å². The minimum Gasteiger partial charge on any atom is -0.349 e. The molecule has 112 valence electrons. The molecule has 1 saturated carbocycles. The molecule has 2 amide bonds. The largest absolute Gasteiger partial charge is 0.349 e. The molecule has 0 spiro atoms. The van der Waals surface area contributed by atoms with Crippen LogP contribution in [0.5, 0.6) is 0 Å². The predicted molar refractivity (Wildman–Crippen MR) is 88.9 cm³/mol. The number of rotatable bonds is 5. The van der Waals surface area contributed by atoms with Crippen LogP contribution >= 0.6 is 11.3 Å². The molecule has 1 aliphatic rings. The Balaban J connectivity index is 1.61. The maximum Gasteiger partial charge on any atom is 0.251 e. The zero-order valence-corrected chi connectivity index (χ0v) is 12.7. The lowest BCUT2D eigenvalue weighted by molar-refractivity contribution is -0.111. The molecule has 1 aromatic carbocycles. The molecule has 5 heteroatoms. The van der Waals surface area contributed by atoms with E-state index in [9.17, 15) is 9.59 Å². The highest BCUT2D eigenvalue weighted by Crippen LogP contribution is 2.20. The molecule has 3 rings (SSSR count). The first kappa shape index (κ1) is 14.5. The van der Waals surface area contributed by atoms with Gasteiger partial charge in [-0.1, -0.05) is 12.1 Å². The van der Waals surface area contributed by atoms with Crippen LogP contribution < -0.4 is 10.6 Å². The zero-order valence-electron chi connectivity index (χ0n) is 11.9. The van der Waals surface area contributed by atoms with Crippen LogP contribution in [0.25, 0.3) is 6.08 Å². The number of nitrogens with one attached hydrogen (secondary N) is 2. The van der Waals surface area contributed by atoms with Gasteiger partial charge in [0.15, 0.2) is 0 Å². The monoisotopic (exact) mass is 312 g/mol. The highest BCUT2D eigenvalue weighted by Gasteiger charge is 2.23. The van der Waals surface area contributed by atoms with Crippen molar-refractivity contribution >= 4 is 34.9 Å². The zero-order chi connectivity index (χ0) is 15.4. The van der Waals surface area contributed by atoms with Crippen molar-refractivity contribution in [1.82, 2.24) is 5.32 Å². The number of thiophene rings is 1. The standard InChI is InChI=1S/C17H16N2O2S/c20-16(9-8-15-5-2-10-22-15)18-14-4-1-3-12(11-14)17(21)19-13-6-7-13/h1-5,8-11,13H,6-7H2,(H,18,20)(H,19,21)/b9-8+. The average Bonchev–Trinajstić information content (AvgIpc) is 3.17. The third-order valence-electron chi connectivity index (χ3n) is 3.25. The van der Waals surface area contributed by atoms with E-state index in [0.717, 1.165) is 17.7 Å². The maximum atomic E-state index is 12.0. The summed E-state index contributed by atoms with van der Waals surface area (Å²) < 4.78 is 0. The molecular formula is C17H16N2O2S. The lowest BCUT2D eigenvalue weighted by Crippen LogP contribution is -2.25. The minimum absolute atomic E-state index is 0.0901. The molecule has 4 nitrogen and oxygen atoms in total. The molecular weight excluding hydrogens is 296 g/mol. The molecule has 1 aliphatic carbocycles. The number of hydrogen-bond donors (Lipinski definition) is 2. The highest BCUT2D eigenvalue weighted by atomic mass is 32.1. The quantitative estimate of drug-likeness (QED) is 0.832. The second-order valence-electron chi connectivity index (χ2n) is 5.17.